The van der Waals surface area contributed by atoms with Gasteiger partial charge < -0.3 is 0 Å². The third kappa shape index (κ3) is 1.45. The standard InChI is InChI=1S/C16H11BrN2/c17-9-11-10-18-19-15-8-4-3-6-13(15)12-5-1-2-7-14(12)16(11)19/h1-8,10H,9H2. The van der Waals surface area contributed by atoms with Crippen LogP contribution < -0.4 is 0 Å². The van der Waals surface area contributed by atoms with Crippen LogP contribution in [-0.4, -0.2) is 9.61 Å². The second kappa shape index (κ2) is 4.07. The fraction of sp³-hybridized carbons (Fsp3) is 0.0625. The van der Waals surface area contributed by atoms with Crippen LogP contribution in [-0.2, 0) is 5.33 Å². The molecule has 2 aromatic carbocycles. The fourth-order valence-corrected chi connectivity index (χ4v) is 3.17. The van der Waals surface area contributed by atoms with Crippen molar-refractivity contribution >= 4 is 43.1 Å². The minimum Gasteiger partial charge on any atom is -0.232 e. The molecule has 2 aromatic heterocycles. The molecule has 19 heavy (non-hydrogen) atoms. The van der Waals surface area contributed by atoms with Gasteiger partial charge in [-0.05, 0) is 11.5 Å². The highest BCUT2D eigenvalue weighted by Crippen LogP contribution is 2.31. The molecule has 0 fully saturated rings. The Kier molecular flexibility index (Phi) is 2.35. The van der Waals surface area contributed by atoms with Gasteiger partial charge in [-0.1, -0.05) is 58.4 Å². The molecular formula is C16H11BrN2. The molecule has 3 heteroatoms. The molecule has 0 unspecified atom stereocenters. The van der Waals surface area contributed by atoms with E-state index in [-0.39, 0.29) is 0 Å². The molecule has 0 aliphatic carbocycles. The van der Waals surface area contributed by atoms with Gasteiger partial charge in [-0.2, -0.15) is 5.10 Å². The van der Waals surface area contributed by atoms with Crippen LogP contribution in [0.1, 0.15) is 5.56 Å². The largest absolute Gasteiger partial charge is 0.232 e. The van der Waals surface area contributed by atoms with Crippen LogP contribution >= 0.6 is 15.9 Å². The first kappa shape index (κ1) is 11.0. The summed E-state index contributed by atoms with van der Waals surface area (Å²) in [6.07, 6.45) is 1.95. The molecule has 0 saturated heterocycles. The first-order chi connectivity index (χ1) is 9.40. The van der Waals surface area contributed by atoms with E-state index in [1.807, 2.05) is 10.7 Å². The predicted octanol–water partition coefficient (Wildman–Crippen LogP) is 4.54. The zero-order valence-corrected chi connectivity index (χ0v) is 11.8. The molecule has 0 aliphatic rings. The van der Waals surface area contributed by atoms with Crippen molar-refractivity contribution in [2.24, 2.45) is 0 Å². The van der Waals surface area contributed by atoms with Gasteiger partial charge in [0.15, 0.2) is 0 Å². The fourth-order valence-electron chi connectivity index (χ4n) is 2.76. The third-order valence-electron chi connectivity index (χ3n) is 3.59. The third-order valence-corrected chi connectivity index (χ3v) is 4.20. The molecule has 4 rings (SSSR count). The van der Waals surface area contributed by atoms with Gasteiger partial charge in [0, 0.05) is 21.7 Å². The summed E-state index contributed by atoms with van der Waals surface area (Å²) in [6, 6.07) is 17.0. The second-order valence-electron chi connectivity index (χ2n) is 4.63. The molecule has 0 bridgehead atoms. The molecule has 0 aliphatic heterocycles. The average Bonchev–Trinajstić information content (AvgIpc) is 2.92. The van der Waals surface area contributed by atoms with E-state index in [4.69, 9.17) is 0 Å². The van der Waals surface area contributed by atoms with Crippen LogP contribution in [0, 0.1) is 0 Å². The van der Waals surface area contributed by atoms with E-state index in [0.29, 0.717) is 0 Å². The number of halogens is 1. The molecule has 0 amide bonds. The molecule has 0 spiro atoms. The number of benzene rings is 2. The van der Waals surface area contributed by atoms with Crippen molar-refractivity contribution in [2.45, 2.75) is 5.33 Å². The highest BCUT2D eigenvalue weighted by Gasteiger charge is 2.11. The van der Waals surface area contributed by atoms with Gasteiger partial charge >= 0.3 is 0 Å². The molecule has 4 aromatic rings. The number of hydrogen-bond donors (Lipinski definition) is 0. The van der Waals surface area contributed by atoms with Crippen LogP contribution in [0.3, 0.4) is 0 Å². The summed E-state index contributed by atoms with van der Waals surface area (Å²) in [5.41, 5.74) is 3.58. The lowest BCUT2D eigenvalue weighted by molar-refractivity contribution is 1.01. The van der Waals surface area contributed by atoms with Crippen molar-refractivity contribution in [3.8, 4) is 0 Å². The Morgan fingerprint density at radius 2 is 1.58 bits per heavy atom. The van der Waals surface area contributed by atoms with Crippen molar-refractivity contribution in [1.29, 1.82) is 0 Å². The smallest absolute Gasteiger partial charge is 0.0787 e. The molecule has 2 nitrogen and oxygen atoms in total. The minimum absolute atomic E-state index is 0.818. The second-order valence-corrected chi connectivity index (χ2v) is 5.19. The summed E-state index contributed by atoms with van der Waals surface area (Å²) < 4.78 is 2.05. The van der Waals surface area contributed by atoms with Crippen molar-refractivity contribution in [3.05, 3.63) is 60.3 Å². The van der Waals surface area contributed by atoms with Crippen LogP contribution in [0.5, 0.6) is 0 Å². The summed E-state index contributed by atoms with van der Waals surface area (Å²) in [7, 11) is 0. The number of aromatic nitrogens is 2. The van der Waals surface area contributed by atoms with E-state index in [1.54, 1.807) is 0 Å². The zero-order valence-electron chi connectivity index (χ0n) is 10.2. The monoisotopic (exact) mass is 310 g/mol. The van der Waals surface area contributed by atoms with Gasteiger partial charge in [0.1, 0.15) is 0 Å². The quantitative estimate of drug-likeness (QED) is 0.373. The number of fused-ring (bicyclic) bond motifs is 6. The lowest BCUT2D eigenvalue weighted by Crippen LogP contribution is -1.92. The van der Waals surface area contributed by atoms with E-state index in [9.17, 15) is 0 Å². The number of rotatable bonds is 1. The van der Waals surface area contributed by atoms with Gasteiger partial charge in [0.25, 0.3) is 0 Å². The van der Waals surface area contributed by atoms with Crippen molar-refractivity contribution in [3.63, 3.8) is 0 Å². The van der Waals surface area contributed by atoms with E-state index in [2.05, 4.69) is 69.6 Å². The van der Waals surface area contributed by atoms with Gasteiger partial charge in [-0.25, -0.2) is 4.52 Å². The highest BCUT2D eigenvalue weighted by molar-refractivity contribution is 9.08. The number of pyridine rings is 1. The summed E-state index contributed by atoms with van der Waals surface area (Å²) in [6.45, 7) is 0. The maximum Gasteiger partial charge on any atom is 0.0787 e. The number of hydrogen-bond acceptors (Lipinski definition) is 1. The Labute approximate surface area is 118 Å². The highest BCUT2D eigenvalue weighted by atomic mass is 79.9. The molecule has 92 valence electrons. The Morgan fingerprint density at radius 3 is 2.37 bits per heavy atom. The molecule has 0 saturated carbocycles. The molecule has 2 heterocycles. The summed E-state index contributed by atoms with van der Waals surface area (Å²) in [5, 5.41) is 9.16. The van der Waals surface area contributed by atoms with E-state index >= 15 is 0 Å². The SMILES string of the molecule is BrCc1cnn2c3ccccc3c3ccccc3c12. The Hall–Kier alpha value is -1.87. The topological polar surface area (TPSA) is 17.3 Å². The Bertz CT molecular complexity index is 908. The summed E-state index contributed by atoms with van der Waals surface area (Å²) in [5.74, 6) is 0. The predicted molar refractivity (Wildman–Crippen MR) is 82.8 cm³/mol. The van der Waals surface area contributed by atoms with Gasteiger partial charge in [0.2, 0.25) is 0 Å². The maximum atomic E-state index is 4.55. The van der Waals surface area contributed by atoms with Crippen molar-refractivity contribution < 1.29 is 0 Å². The van der Waals surface area contributed by atoms with Crippen molar-refractivity contribution in [1.82, 2.24) is 9.61 Å². The normalized spacial score (nSPS) is 11.6. The van der Waals surface area contributed by atoms with Crippen LogP contribution in [0.2, 0.25) is 0 Å². The van der Waals surface area contributed by atoms with Crippen molar-refractivity contribution in [2.75, 3.05) is 0 Å². The maximum absolute atomic E-state index is 4.55. The minimum atomic E-state index is 0.818. The zero-order chi connectivity index (χ0) is 12.8. The molecular weight excluding hydrogens is 300 g/mol. The Balaban J connectivity index is 2.41. The first-order valence-corrected chi connectivity index (χ1v) is 7.34. The van der Waals surface area contributed by atoms with Gasteiger partial charge in [-0.3, -0.25) is 0 Å². The molecule has 0 N–H and O–H groups in total. The average molecular weight is 311 g/mol. The molecule has 0 radical (unpaired) electrons. The van der Waals surface area contributed by atoms with Gasteiger partial charge in [-0.15, -0.1) is 0 Å². The van der Waals surface area contributed by atoms with Gasteiger partial charge in [0.05, 0.1) is 17.2 Å². The lowest BCUT2D eigenvalue weighted by Gasteiger charge is -2.08. The summed E-state index contributed by atoms with van der Waals surface area (Å²) in [4.78, 5) is 0. The van der Waals surface area contributed by atoms with E-state index in [1.165, 1.54) is 27.2 Å². The van der Waals surface area contributed by atoms with Crippen LogP contribution in [0.15, 0.2) is 54.7 Å². The Morgan fingerprint density at radius 1 is 0.895 bits per heavy atom. The number of alkyl halides is 1. The first-order valence-electron chi connectivity index (χ1n) is 6.22. The summed E-state index contributed by atoms with van der Waals surface area (Å²) >= 11 is 3.55. The lowest BCUT2D eigenvalue weighted by atomic mass is 10.0. The van der Waals surface area contributed by atoms with E-state index < -0.39 is 0 Å². The van der Waals surface area contributed by atoms with E-state index in [0.717, 1.165) is 10.8 Å². The van der Waals surface area contributed by atoms with Crippen LogP contribution in [0.4, 0.5) is 0 Å². The number of para-hydroxylation sites is 1. The van der Waals surface area contributed by atoms with Crippen LogP contribution in [0.25, 0.3) is 27.2 Å². The number of nitrogens with zero attached hydrogens (tertiary/aromatic N) is 2. The molecule has 0 atom stereocenters.